The Hall–Kier alpha value is -3.89. The minimum absolute atomic E-state index is 0.195. The largest absolute Gasteiger partial charge is 0.368 e. The molecule has 0 bridgehead atoms. The predicted octanol–water partition coefficient (Wildman–Crippen LogP) is 2.45. The van der Waals surface area contributed by atoms with Crippen LogP contribution >= 0.6 is 0 Å². The van der Waals surface area contributed by atoms with E-state index in [2.05, 4.69) is 56.3 Å². The van der Waals surface area contributed by atoms with Crippen molar-refractivity contribution in [2.45, 2.75) is 32.7 Å². The summed E-state index contributed by atoms with van der Waals surface area (Å²) in [5, 5.41) is 3.36. The molecule has 3 aromatic rings. The quantitative estimate of drug-likeness (QED) is 0.279. The number of imide groups is 1. The smallest absolute Gasteiger partial charge is 0.253 e. The number of likely N-dealkylation sites (tertiary alicyclic amines) is 2. The number of hydrogen-bond acceptors (Lipinski definition) is 9. The zero-order chi connectivity index (χ0) is 27.7. The van der Waals surface area contributed by atoms with Gasteiger partial charge >= 0.3 is 0 Å². The minimum atomic E-state index is -0.195. The van der Waals surface area contributed by atoms with Crippen LogP contribution in [0.25, 0.3) is 11.0 Å². The van der Waals surface area contributed by atoms with Crippen LogP contribution in [0.2, 0.25) is 0 Å². The van der Waals surface area contributed by atoms with E-state index in [1.54, 1.807) is 0 Å². The zero-order valence-corrected chi connectivity index (χ0v) is 23.0. The lowest BCUT2D eigenvalue weighted by Gasteiger charge is -2.60. The average molecular weight is 541 g/mol. The van der Waals surface area contributed by atoms with E-state index in [9.17, 15) is 9.59 Å². The van der Waals surface area contributed by atoms with Gasteiger partial charge in [0.15, 0.2) is 5.82 Å². The van der Waals surface area contributed by atoms with Gasteiger partial charge in [0, 0.05) is 82.0 Å². The number of benzene rings is 1. The van der Waals surface area contributed by atoms with Gasteiger partial charge in [-0.05, 0) is 29.7 Å². The molecule has 2 aromatic heterocycles. The van der Waals surface area contributed by atoms with Gasteiger partial charge in [-0.15, -0.1) is 0 Å². The number of pyridine rings is 1. The molecule has 3 aliphatic rings. The molecule has 1 aromatic carbocycles. The fourth-order valence-corrected chi connectivity index (χ4v) is 6.08. The number of hydrogen-bond donors (Lipinski definition) is 2. The Bertz CT molecular complexity index is 1420. The molecule has 2 amide bonds. The lowest BCUT2D eigenvalue weighted by atomic mass is 9.72. The van der Waals surface area contributed by atoms with E-state index < -0.39 is 0 Å². The number of amides is 2. The van der Waals surface area contributed by atoms with E-state index in [-0.39, 0.29) is 17.8 Å². The third kappa shape index (κ3) is 5.55. The monoisotopic (exact) mass is 540 g/mol. The molecule has 3 N–H and O–H groups in total. The van der Waals surface area contributed by atoms with Crippen molar-refractivity contribution in [3.05, 3.63) is 65.4 Å². The molecule has 5 heterocycles. The Morgan fingerprint density at radius 3 is 2.30 bits per heavy atom. The number of nitrogens with one attached hydrogen (secondary N) is 1. The van der Waals surface area contributed by atoms with Crippen LogP contribution in [0.5, 0.6) is 0 Å². The fraction of sp³-hybridized carbons (Fsp3) is 0.433. The maximum atomic E-state index is 11.7. The summed E-state index contributed by atoms with van der Waals surface area (Å²) >= 11 is 0. The second-order valence-electron chi connectivity index (χ2n) is 11.4. The molecule has 3 aliphatic heterocycles. The second kappa shape index (κ2) is 10.9. The molecule has 1 spiro atoms. The summed E-state index contributed by atoms with van der Waals surface area (Å²) in [5.41, 5.74) is 11.3. The number of nitrogen functional groups attached to an aromatic ring is 1. The van der Waals surface area contributed by atoms with Crippen molar-refractivity contribution >= 4 is 34.6 Å². The van der Waals surface area contributed by atoms with Crippen LogP contribution in [0.15, 0.2) is 48.6 Å². The van der Waals surface area contributed by atoms with E-state index in [1.807, 2.05) is 12.1 Å². The first-order chi connectivity index (χ1) is 19.4. The third-order valence-electron chi connectivity index (χ3n) is 8.03. The first-order valence-electron chi connectivity index (χ1n) is 14.1. The van der Waals surface area contributed by atoms with Crippen molar-refractivity contribution in [3.8, 4) is 0 Å². The van der Waals surface area contributed by atoms with Crippen LogP contribution in [0.1, 0.15) is 36.6 Å². The molecule has 0 aliphatic carbocycles. The first-order valence-corrected chi connectivity index (χ1v) is 14.1. The number of anilines is 2. The molecule has 2 saturated heterocycles. The second-order valence-corrected chi connectivity index (χ2v) is 11.4. The highest BCUT2D eigenvalue weighted by atomic mass is 16.2. The highest BCUT2D eigenvalue weighted by molar-refractivity contribution is 6.12. The summed E-state index contributed by atoms with van der Waals surface area (Å²) in [7, 11) is 0. The van der Waals surface area contributed by atoms with Crippen molar-refractivity contribution in [2.75, 3.05) is 56.9 Å². The molecule has 0 unspecified atom stereocenters. The van der Waals surface area contributed by atoms with Crippen LogP contribution in [0.3, 0.4) is 0 Å². The normalized spacial score (nSPS) is 18.5. The SMILES string of the molecule is CCCCNc1nc(N)nc2ccc(Cc3ccc(CN4CC5(CN(CCN6C(=O)C=CC6=O)C5)C4)cc3)nc12. The van der Waals surface area contributed by atoms with Gasteiger partial charge in [-0.3, -0.25) is 19.4 Å². The number of carbonyl (C=O) groups excluding carboxylic acids is 2. The fourth-order valence-electron chi connectivity index (χ4n) is 6.08. The van der Waals surface area contributed by atoms with Gasteiger partial charge in [0.2, 0.25) is 5.95 Å². The number of unbranched alkanes of at least 4 members (excludes halogenated alkanes) is 1. The minimum Gasteiger partial charge on any atom is -0.368 e. The molecule has 40 heavy (non-hydrogen) atoms. The summed E-state index contributed by atoms with van der Waals surface area (Å²) in [4.78, 5) is 43.2. The number of fused-ring (bicyclic) bond motifs is 1. The van der Waals surface area contributed by atoms with Crippen LogP contribution in [0, 0.1) is 5.41 Å². The van der Waals surface area contributed by atoms with Gasteiger partial charge in [0.25, 0.3) is 11.8 Å². The molecule has 0 atom stereocenters. The Balaban J connectivity index is 0.983. The molecular formula is C30H36N8O2. The molecule has 208 valence electrons. The van der Waals surface area contributed by atoms with Crippen LogP contribution in [0.4, 0.5) is 11.8 Å². The predicted molar refractivity (Wildman–Crippen MR) is 154 cm³/mol. The molecule has 0 saturated carbocycles. The lowest BCUT2D eigenvalue weighted by molar-refractivity contribution is -0.140. The van der Waals surface area contributed by atoms with Gasteiger partial charge in [-0.2, -0.15) is 4.98 Å². The number of nitrogens with zero attached hydrogens (tertiary/aromatic N) is 6. The van der Waals surface area contributed by atoms with E-state index in [4.69, 9.17) is 10.7 Å². The van der Waals surface area contributed by atoms with Gasteiger partial charge < -0.3 is 16.0 Å². The van der Waals surface area contributed by atoms with Crippen LogP contribution in [-0.4, -0.2) is 87.3 Å². The van der Waals surface area contributed by atoms with Gasteiger partial charge in [-0.1, -0.05) is 37.6 Å². The highest BCUT2D eigenvalue weighted by Crippen LogP contribution is 2.40. The molecule has 10 heteroatoms. The molecule has 2 fully saturated rings. The summed E-state index contributed by atoms with van der Waals surface area (Å²) in [6.07, 6.45) is 5.60. The van der Waals surface area contributed by atoms with Gasteiger partial charge in [-0.25, -0.2) is 9.97 Å². The molecule has 10 nitrogen and oxygen atoms in total. The third-order valence-corrected chi connectivity index (χ3v) is 8.03. The first kappa shape index (κ1) is 26.3. The summed E-state index contributed by atoms with van der Waals surface area (Å²) in [6, 6.07) is 12.8. The standard InChI is InChI=1S/C30H36N8O2/c1-2-3-12-32-28-27-24(34-29(31)35-28)9-8-23(33-27)15-21-4-6-22(7-5-21)16-37-19-30(20-37)17-36(18-30)13-14-38-25(39)10-11-26(38)40/h4-11H,2-3,12-20H2,1H3,(H3,31,32,34,35). The summed E-state index contributed by atoms with van der Waals surface area (Å²) in [6.45, 7) is 9.43. The number of aromatic nitrogens is 3. The van der Waals surface area contributed by atoms with Crippen molar-refractivity contribution in [1.82, 2.24) is 29.7 Å². The number of rotatable bonds is 11. The number of nitrogens with two attached hydrogens (primary N) is 1. The maximum absolute atomic E-state index is 11.7. The average Bonchev–Trinajstić information content (AvgIpc) is 3.22. The van der Waals surface area contributed by atoms with E-state index in [0.29, 0.717) is 17.8 Å². The van der Waals surface area contributed by atoms with Gasteiger partial charge in [0.1, 0.15) is 5.52 Å². The van der Waals surface area contributed by atoms with Crippen LogP contribution in [-0.2, 0) is 22.6 Å². The summed E-state index contributed by atoms with van der Waals surface area (Å²) < 4.78 is 0. The maximum Gasteiger partial charge on any atom is 0.253 e. The van der Waals surface area contributed by atoms with E-state index in [1.165, 1.54) is 28.2 Å². The van der Waals surface area contributed by atoms with Crippen molar-refractivity contribution in [1.29, 1.82) is 0 Å². The molecule has 0 radical (unpaired) electrons. The molecule has 6 rings (SSSR count). The topological polar surface area (TPSA) is 121 Å². The Kier molecular flexibility index (Phi) is 7.20. The Morgan fingerprint density at radius 1 is 0.875 bits per heavy atom. The van der Waals surface area contributed by atoms with Gasteiger partial charge in [0.05, 0.1) is 5.52 Å². The van der Waals surface area contributed by atoms with Crippen molar-refractivity contribution < 1.29 is 9.59 Å². The Labute approximate surface area is 234 Å². The molecular weight excluding hydrogens is 504 g/mol. The summed E-state index contributed by atoms with van der Waals surface area (Å²) in [5.74, 6) is 0.562. The lowest BCUT2D eigenvalue weighted by Crippen LogP contribution is -2.72. The van der Waals surface area contributed by atoms with E-state index in [0.717, 1.165) is 81.8 Å². The van der Waals surface area contributed by atoms with Crippen molar-refractivity contribution in [3.63, 3.8) is 0 Å². The zero-order valence-electron chi connectivity index (χ0n) is 23.0. The Morgan fingerprint density at radius 2 is 1.57 bits per heavy atom. The number of carbonyl (C=O) groups is 2. The highest BCUT2D eigenvalue weighted by Gasteiger charge is 2.51. The van der Waals surface area contributed by atoms with E-state index >= 15 is 0 Å². The van der Waals surface area contributed by atoms with Crippen LogP contribution < -0.4 is 11.1 Å². The van der Waals surface area contributed by atoms with Crippen molar-refractivity contribution in [2.24, 2.45) is 5.41 Å².